The third kappa shape index (κ3) is 2.13. The van der Waals surface area contributed by atoms with E-state index in [0.717, 1.165) is 21.8 Å². The van der Waals surface area contributed by atoms with E-state index in [-0.39, 0.29) is 5.91 Å². The molecule has 19 heavy (non-hydrogen) atoms. The van der Waals surface area contributed by atoms with E-state index in [1.54, 1.807) is 11.3 Å². The Labute approximate surface area is 114 Å². The fraction of sp³-hybridized carbons (Fsp3) is 0.143. The van der Waals surface area contributed by atoms with Crippen molar-refractivity contribution in [2.45, 2.75) is 13.8 Å². The fourth-order valence-corrected chi connectivity index (χ4v) is 2.84. The molecule has 0 aromatic carbocycles. The first-order chi connectivity index (χ1) is 9.15. The van der Waals surface area contributed by atoms with Crippen molar-refractivity contribution in [3.63, 3.8) is 0 Å². The molecule has 0 unspecified atom stereocenters. The van der Waals surface area contributed by atoms with Gasteiger partial charge in [-0.1, -0.05) is 6.07 Å². The van der Waals surface area contributed by atoms with Crippen LogP contribution in [-0.2, 0) is 4.79 Å². The maximum atomic E-state index is 11.9. The first kappa shape index (κ1) is 11.9. The number of thiophene rings is 1. The molecule has 2 aromatic heterocycles. The van der Waals surface area contributed by atoms with Gasteiger partial charge in [0, 0.05) is 11.4 Å². The number of hydrogen-bond acceptors (Lipinski definition) is 3. The number of H-pyrrole nitrogens is 1. The van der Waals surface area contributed by atoms with Gasteiger partial charge in [0.2, 0.25) is 0 Å². The van der Waals surface area contributed by atoms with Crippen LogP contribution in [0.15, 0.2) is 34.3 Å². The molecule has 0 atom stereocenters. The first-order valence-corrected chi connectivity index (χ1v) is 6.83. The number of carbonyl (C=O) groups is 1. The molecule has 0 saturated heterocycles. The third-order valence-corrected chi connectivity index (χ3v) is 3.88. The summed E-state index contributed by atoms with van der Waals surface area (Å²) in [4.78, 5) is 16.1. The molecule has 2 N–H and O–H groups in total. The Morgan fingerprint density at radius 1 is 1.37 bits per heavy atom. The lowest BCUT2D eigenvalue weighted by Gasteiger charge is -1.98. The highest BCUT2D eigenvalue weighted by Gasteiger charge is 2.24. The molecular formula is C14H13N3OS. The molecule has 3 rings (SSSR count). The van der Waals surface area contributed by atoms with Crippen molar-refractivity contribution in [3.05, 3.63) is 51.0 Å². The van der Waals surface area contributed by atoms with Crippen molar-refractivity contribution in [1.82, 2.24) is 10.4 Å². The second kappa shape index (κ2) is 4.51. The highest BCUT2D eigenvalue weighted by Crippen LogP contribution is 2.22. The number of hydrazone groups is 1. The summed E-state index contributed by atoms with van der Waals surface area (Å²) in [5.41, 5.74) is 7.00. The molecule has 0 bridgehead atoms. The van der Waals surface area contributed by atoms with Crippen LogP contribution in [0.25, 0.3) is 6.08 Å². The van der Waals surface area contributed by atoms with Gasteiger partial charge in [-0.2, -0.15) is 5.10 Å². The largest absolute Gasteiger partial charge is 0.359 e. The maximum absolute atomic E-state index is 11.9. The van der Waals surface area contributed by atoms with Crippen molar-refractivity contribution < 1.29 is 4.79 Å². The highest BCUT2D eigenvalue weighted by molar-refractivity contribution is 7.12. The van der Waals surface area contributed by atoms with Gasteiger partial charge in [-0.25, -0.2) is 5.43 Å². The lowest BCUT2D eigenvalue weighted by Crippen LogP contribution is -2.13. The van der Waals surface area contributed by atoms with Crippen LogP contribution >= 0.6 is 11.3 Å². The molecule has 96 valence electrons. The van der Waals surface area contributed by atoms with Crippen LogP contribution < -0.4 is 5.43 Å². The zero-order valence-corrected chi connectivity index (χ0v) is 11.5. The summed E-state index contributed by atoms with van der Waals surface area (Å²) in [6.07, 6.45) is 1.86. The number of nitrogens with one attached hydrogen (secondary N) is 2. The number of carbonyl (C=O) groups excluding carboxylic acids is 1. The molecule has 0 aliphatic carbocycles. The Morgan fingerprint density at radius 3 is 2.84 bits per heavy atom. The predicted octanol–water partition coefficient (Wildman–Crippen LogP) is 2.61. The van der Waals surface area contributed by atoms with Gasteiger partial charge >= 0.3 is 0 Å². The molecule has 0 radical (unpaired) electrons. The number of amides is 1. The summed E-state index contributed by atoms with van der Waals surface area (Å²) in [5, 5.41) is 6.09. The van der Waals surface area contributed by atoms with Gasteiger partial charge < -0.3 is 4.98 Å². The van der Waals surface area contributed by atoms with Crippen molar-refractivity contribution >= 4 is 29.0 Å². The normalized spacial score (nSPS) is 16.8. The van der Waals surface area contributed by atoms with Crippen LogP contribution in [0.2, 0.25) is 0 Å². The lowest BCUT2D eigenvalue weighted by molar-refractivity contribution is -0.116. The van der Waals surface area contributed by atoms with E-state index < -0.39 is 0 Å². The summed E-state index contributed by atoms with van der Waals surface area (Å²) in [7, 11) is 0. The van der Waals surface area contributed by atoms with Crippen LogP contribution in [0.4, 0.5) is 0 Å². The monoisotopic (exact) mass is 271 g/mol. The molecule has 4 nitrogen and oxygen atoms in total. The van der Waals surface area contributed by atoms with E-state index in [9.17, 15) is 4.79 Å². The van der Waals surface area contributed by atoms with Gasteiger partial charge in [0.1, 0.15) is 5.71 Å². The Hall–Kier alpha value is -2.14. The van der Waals surface area contributed by atoms with E-state index in [4.69, 9.17) is 0 Å². The van der Waals surface area contributed by atoms with E-state index in [2.05, 4.69) is 21.6 Å². The van der Waals surface area contributed by atoms with Crippen molar-refractivity contribution in [2.24, 2.45) is 5.10 Å². The quantitative estimate of drug-likeness (QED) is 0.810. The predicted molar refractivity (Wildman–Crippen MR) is 77.2 cm³/mol. The summed E-state index contributed by atoms with van der Waals surface area (Å²) < 4.78 is 0. The van der Waals surface area contributed by atoms with Crippen LogP contribution in [0, 0.1) is 13.8 Å². The minimum atomic E-state index is -0.157. The number of hydrogen-bond donors (Lipinski definition) is 2. The molecule has 2 aromatic rings. The summed E-state index contributed by atoms with van der Waals surface area (Å²) in [5.74, 6) is -0.157. The minimum Gasteiger partial charge on any atom is -0.359 e. The average molecular weight is 271 g/mol. The summed E-state index contributed by atoms with van der Waals surface area (Å²) in [6.45, 7) is 4.02. The number of nitrogens with zero attached hydrogens (tertiary/aromatic N) is 1. The lowest BCUT2D eigenvalue weighted by atomic mass is 10.1. The molecule has 1 amide bonds. The van der Waals surface area contributed by atoms with E-state index in [1.807, 2.05) is 37.4 Å². The molecule has 0 spiro atoms. The number of aryl methyl sites for hydroxylation is 2. The number of rotatable bonds is 2. The Balaban J connectivity index is 2.05. The standard InChI is InChI=1S/C14H13N3OS/c1-8-6-9(2)15-11(8)7-10-13(16-17-14(10)18)12-4-3-5-19-12/h3-7,15H,1-2H3,(H,17,18). The van der Waals surface area contributed by atoms with Crippen LogP contribution in [0.3, 0.4) is 0 Å². The maximum Gasteiger partial charge on any atom is 0.273 e. The minimum absolute atomic E-state index is 0.157. The second-order valence-electron chi connectivity index (χ2n) is 4.49. The van der Waals surface area contributed by atoms with Gasteiger partial charge in [-0.05, 0) is 43.0 Å². The van der Waals surface area contributed by atoms with E-state index in [1.165, 1.54) is 0 Å². The molecule has 1 aliphatic heterocycles. The van der Waals surface area contributed by atoms with Gasteiger partial charge in [0.25, 0.3) is 5.91 Å². The Bertz CT molecular complexity index is 692. The smallest absolute Gasteiger partial charge is 0.273 e. The molecule has 1 aliphatic rings. The third-order valence-electron chi connectivity index (χ3n) is 3.00. The van der Waals surface area contributed by atoms with Crippen LogP contribution in [0.5, 0.6) is 0 Å². The summed E-state index contributed by atoms with van der Waals surface area (Å²) in [6, 6.07) is 5.97. The second-order valence-corrected chi connectivity index (χ2v) is 5.43. The van der Waals surface area contributed by atoms with Crippen molar-refractivity contribution in [2.75, 3.05) is 0 Å². The molecule has 3 heterocycles. The molecule has 0 fully saturated rings. The average Bonchev–Trinajstić information content (AvgIpc) is 3.04. The van der Waals surface area contributed by atoms with Gasteiger partial charge in [0.15, 0.2) is 0 Å². The molecule has 5 heteroatoms. The fourth-order valence-electron chi connectivity index (χ4n) is 2.11. The van der Waals surface area contributed by atoms with Gasteiger partial charge in [-0.15, -0.1) is 11.3 Å². The summed E-state index contributed by atoms with van der Waals surface area (Å²) >= 11 is 1.57. The van der Waals surface area contributed by atoms with Crippen LogP contribution in [-0.4, -0.2) is 16.6 Å². The topological polar surface area (TPSA) is 57.2 Å². The number of aromatic nitrogens is 1. The van der Waals surface area contributed by atoms with Crippen molar-refractivity contribution in [3.8, 4) is 0 Å². The zero-order valence-electron chi connectivity index (χ0n) is 10.7. The van der Waals surface area contributed by atoms with E-state index >= 15 is 0 Å². The SMILES string of the molecule is Cc1cc(C)c(C=C2C(=O)NN=C2c2cccs2)[nH]1. The van der Waals surface area contributed by atoms with Crippen LogP contribution in [0.1, 0.15) is 21.8 Å². The Kier molecular flexibility index (Phi) is 2.83. The molecule has 0 saturated carbocycles. The van der Waals surface area contributed by atoms with Gasteiger partial charge in [-0.3, -0.25) is 4.79 Å². The molecular weight excluding hydrogens is 258 g/mol. The Morgan fingerprint density at radius 2 is 2.21 bits per heavy atom. The van der Waals surface area contributed by atoms with Gasteiger partial charge in [0.05, 0.1) is 10.5 Å². The first-order valence-electron chi connectivity index (χ1n) is 5.95. The van der Waals surface area contributed by atoms with Crippen molar-refractivity contribution in [1.29, 1.82) is 0 Å². The highest BCUT2D eigenvalue weighted by atomic mass is 32.1. The van der Waals surface area contributed by atoms with E-state index in [0.29, 0.717) is 11.3 Å². The number of aromatic amines is 1. The zero-order chi connectivity index (χ0) is 13.4.